The van der Waals surface area contributed by atoms with E-state index in [1.165, 1.54) is 12.1 Å². The number of aryl methyl sites for hydroxylation is 1. The highest BCUT2D eigenvalue weighted by Crippen LogP contribution is 2.28. The lowest BCUT2D eigenvalue weighted by Gasteiger charge is -2.12. The standard InChI is InChI=1S/C11H11F3O/c1-3-8-5-6-9(4-2)10(7-8)15-11(12,13)14/h3,5-7H,1,4H2,2H3. The minimum atomic E-state index is -4.65. The van der Waals surface area contributed by atoms with Gasteiger partial charge in [0.25, 0.3) is 0 Å². The maximum atomic E-state index is 12.0. The summed E-state index contributed by atoms with van der Waals surface area (Å²) >= 11 is 0. The van der Waals surface area contributed by atoms with Gasteiger partial charge in [0.15, 0.2) is 0 Å². The van der Waals surface area contributed by atoms with Gasteiger partial charge in [0.05, 0.1) is 0 Å². The van der Waals surface area contributed by atoms with Crippen molar-refractivity contribution < 1.29 is 17.9 Å². The van der Waals surface area contributed by atoms with Crippen LogP contribution >= 0.6 is 0 Å². The zero-order chi connectivity index (χ0) is 11.5. The Bertz CT molecular complexity index is 355. The molecule has 0 atom stereocenters. The molecule has 4 heteroatoms. The summed E-state index contributed by atoms with van der Waals surface area (Å²) in [5.41, 5.74) is 1.13. The first-order chi connectivity index (χ1) is 6.96. The third-order valence-corrected chi connectivity index (χ3v) is 1.93. The molecule has 0 aliphatic heterocycles. The van der Waals surface area contributed by atoms with Crippen molar-refractivity contribution in [2.24, 2.45) is 0 Å². The molecule has 0 aliphatic carbocycles. The van der Waals surface area contributed by atoms with E-state index in [9.17, 15) is 13.2 Å². The second-order valence-electron chi connectivity index (χ2n) is 2.97. The second kappa shape index (κ2) is 4.38. The molecule has 82 valence electrons. The van der Waals surface area contributed by atoms with Crippen LogP contribution in [0.2, 0.25) is 0 Å². The van der Waals surface area contributed by atoms with Gasteiger partial charge in [-0.15, -0.1) is 13.2 Å². The lowest BCUT2D eigenvalue weighted by molar-refractivity contribution is -0.274. The smallest absolute Gasteiger partial charge is 0.405 e. The minimum absolute atomic E-state index is 0.151. The molecular weight excluding hydrogens is 205 g/mol. The molecule has 0 saturated heterocycles. The van der Waals surface area contributed by atoms with Crippen LogP contribution in [0.3, 0.4) is 0 Å². The van der Waals surface area contributed by atoms with Crippen molar-refractivity contribution >= 4 is 6.08 Å². The van der Waals surface area contributed by atoms with Gasteiger partial charge in [-0.25, -0.2) is 0 Å². The molecule has 0 spiro atoms. The average Bonchev–Trinajstić information content (AvgIpc) is 2.15. The first-order valence-corrected chi connectivity index (χ1v) is 4.47. The van der Waals surface area contributed by atoms with Crippen LogP contribution in [-0.2, 0) is 6.42 Å². The summed E-state index contributed by atoms with van der Waals surface area (Å²) in [7, 11) is 0. The largest absolute Gasteiger partial charge is 0.573 e. The molecule has 0 radical (unpaired) electrons. The van der Waals surface area contributed by atoms with Crippen LogP contribution in [0.5, 0.6) is 5.75 Å². The number of rotatable bonds is 3. The summed E-state index contributed by atoms with van der Waals surface area (Å²) < 4.78 is 40.1. The molecule has 1 rings (SSSR count). The van der Waals surface area contributed by atoms with Crippen LogP contribution < -0.4 is 4.74 Å². The number of ether oxygens (including phenoxy) is 1. The summed E-state index contributed by atoms with van der Waals surface area (Å²) in [6, 6.07) is 4.65. The van der Waals surface area contributed by atoms with Gasteiger partial charge >= 0.3 is 6.36 Å². The van der Waals surface area contributed by atoms with Crippen molar-refractivity contribution in [3.8, 4) is 5.75 Å². The van der Waals surface area contributed by atoms with Crippen LogP contribution in [0.4, 0.5) is 13.2 Å². The molecule has 0 fully saturated rings. The van der Waals surface area contributed by atoms with Crippen LogP contribution in [0.1, 0.15) is 18.1 Å². The molecular formula is C11H11F3O. The van der Waals surface area contributed by atoms with E-state index in [0.29, 0.717) is 17.5 Å². The normalized spacial score (nSPS) is 11.2. The number of benzene rings is 1. The first kappa shape index (κ1) is 11.6. The molecule has 0 unspecified atom stereocenters. The van der Waals surface area contributed by atoms with Gasteiger partial charge in [0, 0.05) is 0 Å². The number of hydrogen-bond acceptors (Lipinski definition) is 1. The Morgan fingerprint density at radius 3 is 2.53 bits per heavy atom. The Hall–Kier alpha value is -1.45. The Morgan fingerprint density at radius 2 is 2.07 bits per heavy atom. The van der Waals surface area contributed by atoms with Crippen molar-refractivity contribution in [3.63, 3.8) is 0 Å². The summed E-state index contributed by atoms with van der Waals surface area (Å²) in [4.78, 5) is 0. The van der Waals surface area contributed by atoms with Gasteiger partial charge in [0.2, 0.25) is 0 Å². The number of alkyl halides is 3. The van der Waals surface area contributed by atoms with E-state index in [4.69, 9.17) is 0 Å². The Labute approximate surface area is 86.2 Å². The zero-order valence-electron chi connectivity index (χ0n) is 8.27. The van der Waals surface area contributed by atoms with Crippen LogP contribution in [-0.4, -0.2) is 6.36 Å². The van der Waals surface area contributed by atoms with E-state index in [0.717, 1.165) is 0 Å². The molecule has 0 N–H and O–H groups in total. The predicted octanol–water partition coefficient (Wildman–Crippen LogP) is 3.79. The predicted molar refractivity (Wildman–Crippen MR) is 52.6 cm³/mol. The van der Waals surface area contributed by atoms with Crippen molar-refractivity contribution in [2.45, 2.75) is 19.7 Å². The molecule has 0 heterocycles. The summed E-state index contributed by atoms with van der Waals surface area (Å²) in [6.07, 6.45) is -2.69. The Balaban J connectivity index is 3.06. The van der Waals surface area contributed by atoms with E-state index >= 15 is 0 Å². The lowest BCUT2D eigenvalue weighted by atomic mass is 10.1. The second-order valence-corrected chi connectivity index (χ2v) is 2.97. The summed E-state index contributed by atoms with van der Waals surface area (Å²) in [5.74, 6) is -0.151. The monoisotopic (exact) mass is 216 g/mol. The highest BCUT2D eigenvalue weighted by Gasteiger charge is 2.31. The molecule has 0 aromatic heterocycles. The topological polar surface area (TPSA) is 9.23 Å². The maximum Gasteiger partial charge on any atom is 0.573 e. The Morgan fingerprint density at radius 1 is 1.40 bits per heavy atom. The van der Waals surface area contributed by atoms with E-state index in [-0.39, 0.29) is 5.75 Å². The molecule has 1 nitrogen and oxygen atoms in total. The fourth-order valence-corrected chi connectivity index (χ4v) is 1.21. The van der Waals surface area contributed by atoms with Crippen LogP contribution in [0, 0.1) is 0 Å². The van der Waals surface area contributed by atoms with Crippen molar-refractivity contribution in [1.82, 2.24) is 0 Å². The molecule has 15 heavy (non-hydrogen) atoms. The fraction of sp³-hybridized carbons (Fsp3) is 0.273. The molecule has 0 bridgehead atoms. The van der Waals surface area contributed by atoms with Gasteiger partial charge in [-0.1, -0.05) is 31.7 Å². The number of hydrogen-bond donors (Lipinski definition) is 0. The molecule has 0 amide bonds. The Kier molecular flexibility index (Phi) is 3.39. The van der Waals surface area contributed by atoms with Crippen molar-refractivity contribution in [2.75, 3.05) is 0 Å². The summed E-state index contributed by atoms with van der Waals surface area (Å²) in [6.45, 7) is 5.26. The molecule has 0 saturated carbocycles. The van der Waals surface area contributed by atoms with Gasteiger partial charge in [-0.3, -0.25) is 0 Å². The van der Waals surface area contributed by atoms with Gasteiger partial charge in [-0.05, 0) is 23.6 Å². The average molecular weight is 216 g/mol. The van der Waals surface area contributed by atoms with Gasteiger partial charge < -0.3 is 4.74 Å². The minimum Gasteiger partial charge on any atom is -0.405 e. The molecule has 0 aliphatic rings. The third-order valence-electron chi connectivity index (χ3n) is 1.93. The SMILES string of the molecule is C=Cc1ccc(CC)c(OC(F)(F)F)c1. The fourth-order valence-electron chi connectivity index (χ4n) is 1.21. The van der Waals surface area contributed by atoms with Gasteiger partial charge in [0.1, 0.15) is 5.75 Å². The third kappa shape index (κ3) is 3.31. The van der Waals surface area contributed by atoms with E-state index in [1.54, 1.807) is 19.1 Å². The highest BCUT2D eigenvalue weighted by atomic mass is 19.4. The van der Waals surface area contributed by atoms with Crippen molar-refractivity contribution in [1.29, 1.82) is 0 Å². The first-order valence-electron chi connectivity index (χ1n) is 4.47. The van der Waals surface area contributed by atoms with Crippen LogP contribution in [0.25, 0.3) is 6.08 Å². The van der Waals surface area contributed by atoms with E-state index < -0.39 is 6.36 Å². The molecule has 1 aromatic rings. The van der Waals surface area contributed by atoms with E-state index in [1.807, 2.05) is 0 Å². The van der Waals surface area contributed by atoms with E-state index in [2.05, 4.69) is 11.3 Å². The summed E-state index contributed by atoms with van der Waals surface area (Å²) in [5, 5.41) is 0. The van der Waals surface area contributed by atoms with Crippen LogP contribution in [0.15, 0.2) is 24.8 Å². The van der Waals surface area contributed by atoms with Crippen molar-refractivity contribution in [3.05, 3.63) is 35.9 Å². The number of halogens is 3. The molecule has 1 aromatic carbocycles. The van der Waals surface area contributed by atoms with Gasteiger partial charge in [-0.2, -0.15) is 0 Å². The maximum absolute atomic E-state index is 12.0. The lowest BCUT2D eigenvalue weighted by Crippen LogP contribution is -2.18. The highest BCUT2D eigenvalue weighted by molar-refractivity contribution is 5.52. The zero-order valence-corrected chi connectivity index (χ0v) is 8.27. The quantitative estimate of drug-likeness (QED) is 0.746.